The van der Waals surface area contributed by atoms with Gasteiger partial charge in [-0.05, 0) is 25.5 Å². The molecule has 1 N–H and O–H groups in total. The number of thiazole rings is 1. The fraction of sp³-hybridized carbons (Fsp3) is 0.286. The Bertz CT molecular complexity index is 652. The van der Waals surface area contributed by atoms with Crippen LogP contribution in [0.15, 0.2) is 23.6 Å². The van der Waals surface area contributed by atoms with E-state index in [0.29, 0.717) is 16.3 Å². The molecule has 0 amide bonds. The Morgan fingerprint density at radius 1 is 1.40 bits per heavy atom. The molecule has 1 heterocycles. The normalized spacial score (nSPS) is 11.6. The second-order valence-corrected chi connectivity index (χ2v) is 5.91. The minimum absolute atomic E-state index is 0.215. The maximum absolute atomic E-state index is 13.5. The fourth-order valence-electron chi connectivity index (χ4n) is 1.62. The molecule has 6 heteroatoms. The minimum atomic E-state index is -1.09. The summed E-state index contributed by atoms with van der Waals surface area (Å²) in [5, 5.41) is 11.4. The molecule has 1 aromatic carbocycles. The van der Waals surface area contributed by atoms with Gasteiger partial charge in [-0.25, -0.2) is 13.8 Å². The van der Waals surface area contributed by atoms with Crippen molar-refractivity contribution in [2.75, 3.05) is 0 Å². The minimum Gasteiger partial charge on any atom is -0.481 e. The summed E-state index contributed by atoms with van der Waals surface area (Å²) >= 11 is 1.27. The number of carbonyl (C=O) groups is 1. The molecule has 2 rings (SSSR count). The van der Waals surface area contributed by atoms with E-state index in [9.17, 15) is 13.6 Å². The summed E-state index contributed by atoms with van der Waals surface area (Å²) in [4.78, 5) is 15.4. The molecule has 0 fully saturated rings. The summed E-state index contributed by atoms with van der Waals surface area (Å²) in [6.07, 6.45) is 0.215. The van der Waals surface area contributed by atoms with E-state index < -0.39 is 23.0 Å². The molecule has 0 aliphatic rings. The van der Waals surface area contributed by atoms with Gasteiger partial charge in [0.1, 0.15) is 17.0 Å². The van der Waals surface area contributed by atoms with Crippen molar-refractivity contribution in [1.82, 2.24) is 4.98 Å². The SMILES string of the molecule is CC(C)(C(=O)O)c1csc(Cc2ccc(F)cc2F)n1. The molecule has 0 aliphatic carbocycles. The van der Waals surface area contributed by atoms with E-state index in [2.05, 4.69) is 4.98 Å². The standard InChI is InChI=1S/C14H13F2NO2S/c1-14(2,13(18)19)11-7-20-12(17-11)5-8-3-4-9(15)6-10(8)16/h3-4,6-7H,5H2,1-2H3,(H,18,19). The molecular weight excluding hydrogens is 284 g/mol. The van der Waals surface area contributed by atoms with Gasteiger partial charge in [-0.3, -0.25) is 4.79 Å². The summed E-state index contributed by atoms with van der Waals surface area (Å²) in [7, 11) is 0. The molecule has 2 aromatic rings. The van der Waals surface area contributed by atoms with E-state index in [4.69, 9.17) is 5.11 Å². The van der Waals surface area contributed by atoms with E-state index in [0.717, 1.165) is 6.07 Å². The van der Waals surface area contributed by atoms with Gasteiger partial charge >= 0.3 is 5.97 Å². The highest BCUT2D eigenvalue weighted by Gasteiger charge is 2.32. The van der Waals surface area contributed by atoms with Crippen molar-refractivity contribution in [2.24, 2.45) is 0 Å². The van der Waals surface area contributed by atoms with Gasteiger partial charge in [0.2, 0.25) is 0 Å². The Kier molecular flexibility index (Phi) is 3.85. The molecule has 0 saturated heterocycles. The molecule has 1 aromatic heterocycles. The van der Waals surface area contributed by atoms with Gasteiger partial charge in [-0.2, -0.15) is 0 Å². The molecule has 106 valence electrons. The molecule has 0 unspecified atom stereocenters. The lowest BCUT2D eigenvalue weighted by Gasteiger charge is -2.15. The lowest BCUT2D eigenvalue weighted by atomic mass is 9.90. The smallest absolute Gasteiger partial charge is 0.315 e. The Balaban J connectivity index is 2.24. The van der Waals surface area contributed by atoms with Crippen molar-refractivity contribution in [2.45, 2.75) is 25.7 Å². The van der Waals surface area contributed by atoms with E-state index in [-0.39, 0.29) is 6.42 Å². The van der Waals surface area contributed by atoms with Crippen molar-refractivity contribution in [3.63, 3.8) is 0 Å². The first-order valence-electron chi connectivity index (χ1n) is 5.93. The summed E-state index contributed by atoms with van der Waals surface area (Å²) < 4.78 is 26.4. The van der Waals surface area contributed by atoms with Crippen LogP contribution >= 0.6 is 11.3 Å². The molecule has 0 radical (unpaired) electrons. The number of halogens is 2. The topological polar surface area (TPSA) is 50.2 Å². The van der Waals surface area contributed by atoms with Crippen molar-refractivity contribution < 1.29 is 18.7 Å². The number of carboxylic acid groups (broad SMARTS) is 1. The molecule has 0 atom stereocenters. The van der Waals surface area contributed by atoms with E-state index >= 15 is 0 Å². The van der Waals surface area contributed by atoms with Gasteiger partial charge in [0.25, 0.3) is 0 Å². The zero-order valence-electron chi connectivity index (χ0n) is 11.0. The maximum atomic E-state index is 13.5. The van der Waals surface area contributed by atoms with Gasteiger partial charge in [-0.15, -0.1) is 11.3 Å². The van der Waals surface area contributed by atoms with Gasteiger partial charge < -0.3 is 5.11 Å². The van der Waals surface area contributed by atoms with E-state index in [1.165, 1.54) is 23.5 Å². The number of hydrogen-bond acceptors (Lipinski definition) is 3. The number of aromatic nitrogens is 1. The molecule has 0 bridgehead atoms. The average molecular weight is 297 g/mol. The first-order chi connectivity index (χ1) is 9.30. The molecule has 0 spiro atoms. The zero-order valence-corrected chi connectivity index (χ0v) is 11.8. The fourth-order valence-corrected chi connectivity index (χ4v) is 2.60. The average Bonchev–Trinajstić information content (AvgIpc) is 2.81. The van der Waals surface area contributed by atoms with Crippen molar-refractivity contribution in [1.29, 1.82) is 0 Å². The molecular formula is C14H13F2NO2S. The van der Waals surface area contributed by atoms with E-state index in [1.54, 1.807) is 19.2 Å². The highest BCUT2D eigenvalue weighted by atomic mass is 32.1. The van der Waals surface area contributed by atoms with Crippen LogP contribution in [0.5, 0.6) is 0 Å². The third kappa shape index (κ3) is 2.85. The van der Waals surface area contributed by atoms with Crippen LogP contribution in [0.25, 0.3) is 0 Å². The van der Waals surface area contributed by atoms with Crippen LogP contribution < -0.4 is 0 Å². The molecule has 3 nitrogen and oxygen atoms in total. The molecule has 20 heavy (non-hydrogen) atoms. The Morgan fingerprint density at radius 2 is 2.10 bits per heavy atom. The first kappa shape index (κ1) is 14.6. The monoisotopic (exact) mass is 297 g/mol. The van der Waals surface area contributed by atoms with Gasteiger partial charge in [0.15, 0.2) is 0 Å². The van der Waals surface area contributed by atoms with Crippen LogP contribution in [-0.2, 0) is 16.6 Å². The number of aliphatic carboxylic acids is 1. The van der Waals surface area contributed by atoms with Gasteiger partial charge in [0, 0.05) is 17.9 Å². The zero-order chi connectivity index (χ0) is 14.9. The summed E-state index contributed by atoms with van der Waals surface area (Å²) in [5.74, 6) is -2.22. The predicted octanol–water partition coefficient (Wildman–Crippen LogP) is 3.37. The second kappa shape index (κ2) is 5.28. The quantitative estimate of drug-likeness (QED) is 0.941. The second-order valence-electron chi connectivity index (χ2n) is 4.97. The number of hydrogen-bond donors (Lipinski definition) is 1. The molecule has 0 aliphatic heterocycles. The van der Waals surface area contributed by atoms with E-state index in [1.807, 2.05) is 0 Å². The Labute approximate surface area is 118 Å². The van der Waals surface area contributed by atoms with Gasteiger partial charge in [0.05, 0.1) is 10.7 Å². The largest absolute Gasteiger partial charge is 0.481 e. The predicted molar refractivity (Wildman–Crippen MR) is 71.9 cm³/mol. The lowest BCUT2D eigenvalue weighted by Crippen LogP contribution is -2.28. The third-order valence-electron chi connectivity index (χ3n) is 3.08. The van der Waals surface area contributed by atoms with Gasteiger partial charge in [-0.1, -0.05) is 6.07 Å². The van der Waals surface area contributed by atoms with Crippen molar-refractivity contribution in [3.05, 3.63) is 51.5 Å². The Hall–Kier alpha value is -1.82. The van der Waals surface area contributed by atoms with Crippen molar-refractivity contribution in [3.8, 4) is 0 Å². The number of carboxylic acids is 1. The number of nitrogens with zero attached hydrogens (tertiary/aromatic N) is 1. The summed E-state index contributed by atoms with van der Waals surface area (Å²) in [6.45, 7) is 3.12. The summed E-state index contributed by atoms with van der Waals surface area (Å²) in [6, 6.07) is 3.38. The third-order valence-corrected chi connectivity index (χ3v) is 3.93. The number of benzene rings is 1. The van der Waals surface area contributed by atoms with Crippen LogP contribution in [-0.4, -0.2) is 16.1 Å². The highest BCUT2D eigenvalue weighted by Crippen LogP contribution is 2.26. The van der Waals surface area contributed by atoms with Crippen LogP contribution in [0.1, 0.15) is 30.1 Å². The van der Waals surface area contributed by atoms with Crippen LogP contribution in [0.4, 0.5) is 8.78 Å². The van der Waals surface area contributed by atoms with Crippen LogP contribution in [0, 0.1) is 11.6 Å². The molecule has 0 saturated carbocycles. The van der Waals surface area contributed by atoms with Crippen LogP contribution in [0.3, 0.4) is 0 Å². The highest BCUT2D eigenvalue weighted by molar-refractivity contribution is 7.09. The van der Waals surface area contributed by atoms with Crippen molar-refractivity contribution >= 4 is 17.3 Å². The maximum Gasteiger partial charge on any atom is 0.315 e. The Morgan fingerprint density at radius 3 is 2.70 bits per heavy atom. The number of rotatable bonds is 4. The lowest BCUT2D eigenvalue weighted by molar-refractivity contribution is -0.142. The summed E-state index contributed by atoms with van der Waals surface area (Å²) in [5.41, 5.74) is -0.316. The van der Waals surface area contributed by atoms with Crippen LogP contribution in [0.2, 0.25) is 0 Å². The first-order valence-corrected chi connectivity index (χ1v) is 6.81.